The summed E-state index contributed by atoms with van der Waals surface area (Å²) in [5.41, 5.74) is 2.73. The number of benzene rings is 2. The third-order valence-electron chi connectivity index (χ3n) is 5.10. The third kappa shape index (κ3) is 7.18. The number of carbonyl (C=O) groups is 1. The van der Waals surface area contributed by atoms with E-state index in [4.69, 9.17) is 0 Å². The molecule has 1 aliphatic heterocycles. The second kappa shape index (κ2) is 12.4. The van der Waals surface area contributed by atoms with E-state index in [0.29, 0.717) is 12.3 Å². The number of urea groups is 1. The molecular weight excluding hydrogens is 519 g/mol. The van der Waals surface area contributed by atoms with Gasteiger partial charge in [-0.05, 0) is 43.7 Å². The molecule has 3 rings (SSSR count). The first-order valence-corrected chi connectivity index (χ1v) is 10.6. The van der Waals surface area contributed by atoms with Gasteiger partial charge in [-0.1, -0.05) is 24.3 Å². The van der Waals surface area contributed by atoms with Crippen molar-refractivity contribution < 1.29 is 9.90 Å². The molecule has 9 heteroatoms. The summed E-state index contributed by atoms with van der Waals surface area (Å²) in [6, 6.07) is 15.1. The quantitative estimate of drug-likeness (QED) is 0.259. The minimum atomic E-state index is -0.204. The number of anilines is 2. The summed E-state index contributed by atoms with van der Waals surface area (Å²) in [6.45, 7) is 7.77. The van der Waals surface area contributed by atoms with Gasteiger partial charge >= 0.3 is 6.03 Å². The lowest BCUT2D eigenvalue weighted by Gasteiger charge is -2.37. The molecule has 0 aromatic heterocycles. The molecule has 8 nitrogen and oxygen atoms in total. The molecule has 174 valence electrons. The van der Waals surface area contributed by atoms with E-state index in [1.807, 2.05) is 56.3 Å². The SMILES string of the molecule is CN=C(NCc1ccc(NC(=O)NC(C)C)cc1)N1CCN(c2ccccc2O)CC1.I. The summed E-state index contributed by atoms with van der Waals surface area (Å²) >= 11 is 0. The van der Waals surface area contributed by atoms with Gasteiger partial charge in [0, 0.05) is 51.5 Å². The van der Waals surface area contributed by atoms with Crippen LogP contribution in [-0.2, 0) is 6.54 Å². The summed E-state index contributed by atoms with van der Waals surface area (Å²) in [5.74, 6) is 1.17. The molecule has 2 amide bonds. The molecule has 1 heterocycles. The number of hydrogen-bond donors (Lipinski definition) is 4. The van der Waals surface area contributed by atoms with Crippen LogP contribution >= 0.6 is 24.0 Å². The first kappa shape index (κ1) is 25.6. The Bertz CT molecular complexity index is 896. The Morgan fingerprint density at radius 1 is 1.06 bits per heavy atom. The van der Waals surface area contributed by atoms with Gasteiger partial charge in [-0.3, -0.25) is 4.99 Å². The van der Waals surface area contributed by atoms with Gasteiger partial charge in [0.2, 0.25) is 0 Å². The summed E-state index contributed by atoms with van der Waals surface area (Å²) < 4.78 is 0. The lowest BCUT2D eigenvalue weighted by atomic mass is 10.2. The maximum atomic E-state index is 11.8. The number of aromatic hydroxyl groups is 1. The van der Waals surface area contributed by atoms with Gasteiger partial charge in [-0.15, -0.1) is 24.0 Å². The van der Waals surface area contributed by atoms with Crippen molar-refractivity contribution in [3.63, 3.8) is 0 Å². The van der Waals surface area contributed by atoms with E-state index in [1.54, 1.807) is 13.1 Å². The molecule has 32 heavy (non-hydrogen) atoms. The first-order chi connectivity index (χ1) is 15.0. The number of nitrogens with zero attached hydrogens (tertiary/aromatic N) is 3. The second-order valence-corrected chi connectivity index (χ2v) is 7.81. The molecule has 2 aromatic carbocycles. The van der Waals surface area contributed by atoms with Gasteiger partial charge in [-0.25, -0.2) is 4.79 Å². The number of guanidine groups is 1. The first-order valence-electron chi connectivity index (χ1n) is 10.6. The predicted octanol–water partition coefficient (Wildman–Crippen LogP) is 3.44. The Morgan fingerprint density at radius 3 is 2.31 bits per heavy atom. The molecular formula is C23H33IN6O2. The number of piperazine rings is 1. The lowest BCUT2D eigenvalue weighted by molar-refractivity contribution is 0.250. The standard InChI is InChI=1S/C23H32N6O2.HI/c1-17(2)26-23(31)27-19-10-8-18(9-11-19)16-25-22(24-3)29-14-12-28(13-15-29)20-6-4-5-7-21(20)30;/h4-11,17,30H,12-16H2,1-3H3,(H,24,25)(H2,26,27,31);1H. The maximum absolute atomic E-state index is 11.8. The van der Waals surface area contributed by atoms with E-state index < -0.39 is 0 Å². The minimum absolute atomic E-state index is 0. The molecule has 1 fully saturated rings. The van der Waals surface area contributed by atoms with Crippen molar-refractivity contribution in [2.45, 2.75) is 26.4 Å². The fourth-order valence-electron chi connectivity index (χ4n) is 3.54. The Labute approximate surface area is 207 Å². The smallest absolute Gasteiger partial charge is 0.319 e. The molecule has 4 N–H and O–H groups in total. The van der Waals surface area contributed by atoms with E-state index in [-0.39, 0.29) is 36.0 Å². The van der Waals surface area contributed by atoms with Crippen molar-refractivity contribution in [2.75, 3.05) is 43.4 Å². The monoisotopic (exact) mass is 552 g/mol. The molecule has 0 spiro atoms. The molecule has 0 atom stereocenters. The van der Waals surface area contributed by atoms with Crippen LogP contribution in [0.5, 0.6) is 5.75 Å². The molecule has 0 radical (unpaired) electrons. The van der Waals surface area contributed by atoms with Crippen LogP contribution in [0.3, 0.4) is 0 Å². The van der Waals surface area contributed by atoms with Gasteiger partial charge in [0.1, 0.15) is 5.75 Å². The van der Waals surface area contributed by atoms with E-state index in [1.165, 1.54) is 0 Å². The zero-order valence-electron chi connectivity index (χ0n) is 18.8. The van der Waals surface area contributed by atoms with Crippen molar-refractivity contribution in [3.8, 4) is 5.75 Å². The molecule has 0 bridgehead atoms. The van der Waals surface area contributed by atoms with Gasteiger partial charge in [0.05, 0.1) is 5.69 Å². The van der Waals surface area contributed by atoms with Crippen LogP contribution in [0.1, 0.15) is 19.4 Å². The molecule has 2 aromatic rings. The van der Waals surface area contributed by atoms with Crippen molar-refractivity contribution in [1.82, 2.24) is 15.5 Å². The largest absolute Gasteiger partial charge is 0.506 e. The van der Waals surface area contributed by atoms with Crippen molar-refractivity contribution in [2.24, 2.45) is 4.99 Å². The highest BCUT2D eigenvalue weighted by molar-refractivity contribution is 14.0. The molecule has 0 unspecified atom stereocenters. The summed E-state index contributed by atoms with van der Waals surface area (Å²) in [4.78, 5) is 20.6. The lowest BCUT2D eigenvalue weighted by Crippen LogP contribution is -2.52. The molecule has 0 aliphatic carbocycles. The Balaban J connectivity index is 0.00000363. The van der Waals surface area contributed by atoms with Crippen LogP contribution in [0.25, 0.3) is 0 Å². The average molecular weight is 552 g/mol. The van der Waals surface area contributed by atoms with Crippen molar-refractivity contribution in [3.05, 3.63) is 54.1 Å². The van der Waals surface area contributed by atoms with Crippen LogP contribution in [-0.4, -0.2) is 61.3 Å². The van der Waals surface area contributed by atoms with Crippen LogP contribution in [0, 0.1) is 0 Å². The van der Waals surface area contributed by atoms with E-state index in [9.17, 15) is 9.90 Å². The van der Waals surface area contributed by atoms with Crippen LogP contribution in [0.4, 0.5) is 16.2 Å². The number of carbonyl (C=O) groups excluding carboxylic acids is 1. The number of hydrogen-bond acceptors (Lipinski definition) is 4. The summed E-state index contributed by atoms with van der Waals surface area (Å²) in [7, 11) is 1.79. The number of halogens is 1. The predicted molar refractivity (Wildman–Crippen MR) is 141 cm³/mol. The van der Waals surface area contributed by atoms with Gasteiger partial charge in [-0.2, -0.15) is 0 Å². The van der Waals surface area contributed by atoms with Crippen molar-refractivity contribution >= 4 is 47.3 Å². The number of nitrogens with one attached hydrogen (secondary N) is 3. The fourth-order valence-corrected chi connectivity index (χ4v) is 3.54. The molecule has 0 saturated carbocycles. The fraction of sp³-hybridized carbons (Fsp3) is 0.391. The number of phenols is 1. The van der Waals surface area contributed by atoms with E-state index in [2.05, 4.69) is 30.7 Å². The van der Waals surface area contributed by atoms with Crippen LogP contribution < -0.4 is 20.9 Å². The number of aliphatic imine (C=N–C) groups is 1. The highest BCUT2D eigenvalue weighted by Gasteiger charge is 2.21. The molecule has 1 aliphatic rings. The Hall–Kier alpha value is -2.69. The Kier molecular flexibility index (Phi) is 9.89. The van der Waals surface area contributed by atoms with Gasteiger partial charge in [0.25, 0.3) is 0 Å². The maximum Gasteiger partial charge on any atom is 0.319 e. The highest BCUT2D eigenvalue weighted by atomic mass is 127. The average Bonchev–Trinajstić information content (AvgIpc) is 2.75. The second-order valence-electron chi connectivity index (χ2n) is 7.81. The number of amides is 2. The third-order valence-corrected chi connectivity index (χ3v) is 5.10. The normalized spacial score (nSPS) is 14.1. The summed E-state index contributed by atoms with van der Waals surface area (Å²) in [6.07, 6.45) is 0. The highest BCUT2D eigenvalue weighted by Crippen LogP contribution is 2.27. The molecule has 1 saturated heterocycles. The minimum Gasteiger partial charge on any atom is -0.506 e. The van der Waals surface area contributed by atoms with E-state index in [0.717, 1.165) is 49.1 Å². The van der Waals surface area contributed by atoms with Gasteiger partial charge < -0.3 is 30.9 Å². The Morgan fingerprint density at radius 2 is 1.72 bits per heavy atom. The van der Waals surface area contributed by atoms with Gasteiger partial charge in [0.15, 0.2) is 5.96 Å². The number of para-hydroxylation sites is 2. The van der Waals surface area contributed by atoms with Crippen LogP contribution in [0.2, 0.25) is 0 Å². The zero-order valence-corrected chi connectivity index (χ0v) is 21.2. The number of rotatable bonds is 5. The number of phenolic OH excluding ortho intramolecular Hbond substituents is 1. The summed E-state index contributed by atoms with van der Waals surface area (Å²) in [5, 5.41) is 19.1. The van der Waals surface area contributed by atoms with E-state index >= 15 is 0 Å². The van der Waals surface area contributed by atoms with Crippen molar-refractivity contribution in [1.29, 1.82) is 0 Å². The van der Waals surface area contributed by atoms with Crippen LogP contribution in [0.15, 0.2) is 53.5 Å². The topological polar surface area (TPSA) is 92.2 Å². The zero-order chi connectivity index (χ0) is 22.2.